The van der Waals surface area contributed by atoms with E-state index in [-0.39, 0.29) is 5.91 Å². The van der Waals surface area contributed by atoms with Gasteiger partial charge in [0.25, 0.3) is 5.91 Å². The summed E-state index contributed by atoms with van der Waals surface area (Å²) in [6.07, 6.45) is 6.55. The maximum atomic E-state index is 12.9. The molecule has 1 aliphatic heterocycles. The van der Waals surface area contributed by atoms with Crippen LogP contribution in [0.15, 0.2) is 78.6 Å². The molecule has 0 spiro atoms. The average molecular weight is 430 g/mol. The number of pyridine rings is 1. The summed E-state index contributed by atoms with van der Waals surface area (Å²) in [5, 5.41) is 5.62. The summed E-state index contributed by atoms with van der Waals surface area (Å²) < 4.78 is 1.93. The topological polar surface area (TPSA) is 63.1 Å². The lowest BCUT2D eigenvalue weighted by Gasteiger charge is -2.15. The van der Waals surface area contributed by atoms with Crippen molar-refractivity contribution in [3.05, 3.63) is 95.4 Å². The normalized spacial score (nSPS) is 15.9. The van der Waals surface area contributed by atoms with Crippen LogP contribution in [0.25, 0.3) is 0 Å². The van der Waals surface area contributed by atoms with Crippen LogP contribution >= 0.6 is 11.3 Å². The molecule has 156 valence electrons. The van der Waals surface area contributed by atoms with Crippen molar-refractivity contribution >= 4 is 28.2 Å². The van der Waals surface area contributed by atoms with E-state index < -0.39 is 0 Å². The van der Waals surface area contributed by atoms with E-state index in [0.29, 0.717) is 23.3 Å². The quantitative estimate of drug-likeness (QED) is 0.485. The van der Waals surface area contributed by atoms with Crippen LogP contribution < -0.4 is 10.2 Å². The Morgan fingerprint density at radius 2 is 1.94 bits per heavy atom. The van der Waals surface area contributed by atoms with E-state index in [9.17, 15) is 4.79 Å². The first-order valence-corrected chi connectivity index (χ1v) is 11.2. The largest absolute Gasteiger partial charge is 0.355 e. The van der Waals surface area contributed by atoms with Crippen LogP contribution in [0.4, 0.5) is 10.9 Å². The minimum Gasteiger partial charge on any atom is -0.355 e. The second-order valence-corrected chi connectivity index (χ2v) is 8.54. The smallest absolute Gasteiger partial charge is 0.274 e. The predicted octanol–water partition coefficient (Wildman–Crippen LogP) is 4.63. The van der Waals surface area contributed by atoms with Crippen LogP contribution in [0.3, 0.4) is 0 Å². The minimum absolute atomic E-state index is 0.149. The fourth-order valence-corrected chi connectivity index (χ4v) is 4.75. The summed E-state index contributed by atoms with van der Waals surface area (Å²) >= 11 is 1.47. The van der Waals surface area contributed by atoms with Gasteiger partial charge >= 0.3 is 0 Å². The Bertz CT molecular complexity index is 1150. The Morgan fingerprint density at radius 3 is 2.77 bits per heavy atom. The van der Waals surface area contributed by atoms with Gasteiger partial charge in [0.15, 0.2) is 5.13 Å². The highest BCUT2D eigenvalue weighted by Gasteiger charge is 2.25. The SMILES string of the molecule is O=C(Nc1nc(N2CCC(c3ccccc3)C2)cs1)c1cccn1Cc1ccncc1. The van der Waals surface area contributed by atoms with Crippen LogP contribution in [-0.2, 0) is 6.54 Å². The minimum atomic E-state index is -0.149. The summed E-state index contributed by atoms with van der Waals surface area (Å²) in [5.74, 6) is 1.31. The van der Waals surface area contributed by atoms with Crippen molar-refractivity contribution in [2.45, 2.75) is 18.9 Å². The van der Waals surface area contributed by atoms with Crippen molar-refractivity contribution in [1.82, 2.24) is 14.5 Å². The fourth-order valence-electron chi connectivity index (χ4n) is 4.04. The molecule has 7 heteroatoms. The standard InChI is InChI=1S/C24H23N5OS/c30-23(21-7-4-13-28(21)15-18-8-11-25-12-9-18)27-24-26-22(17-31-24)29-14-10-20(16-29)19-5-2-1-3-6-19/h1-9,11-13,17,20H,10,14-16H2,(H,26,27,30). The first-order chi connectivity index (χ1) is 15.3. The van der Waals surface area contributed by atoms with E-state index >= 15 is 0 Å². The van der Waals surface area contributed by atoms with E-state index in [1.54, 1.807) is 12.4 Å². The number of aromatic nitrogens is 3. The zero-order valence-corrected chi connectivity index (χ0v) is 17.8. The van der Waals surface area contributed by atoms with E-state index in [2.05, 4.69) is 50.5 Å². The molecule has 0 aliphatic carbocycles. The van der Waals surface area contributed by atoms with E-state index in [1.807, 2.05) is 40.4 Å². The maximum Gasteiger partial charge on any atom is 0.274 e. The molecule has 3 aromatic heterocycles. The first kappa shape index (κ1) is 19.5. The molecule has 0 bridgehead atoms. The summed E-state index contributed by atoms with van der Waals surface area (Å²) in [5.41, 5.74) is 3.08. The van der Waals surface area contributed by atoms with E-state index in [4.69, 9.17) is 0 Å². The number of carbonyl (C=O) groups excluding carboxylic acids is 1. The van der Waals surface area contributed by atoms with Crippen molar-refractivity contribution in [1.29, 1.82) is 0 Å². The van der Waals surface area contributed by atoms with Crippen LogP contribution in [0.1, 0.15) is 34.0 Å². The van der Waals surface area contributed by atoms with E-state index in [1.165, 1.54) is 16.9 Å². The first-order valence-electron chi connectivity index (χ1n) is 10.4. The third kappa shape index (κ3) is 4.36. The number of benzene rings is 1. The highest BCUT2D eigenvalue weighted by Crippen LogP contribution is 2.32. The van der Waals surface area contributed by atoms with Gasteiger partial charge in [-0.25, -0.2) is 4.98 Å². The molecule has 6 nitrogen and oxygen atoms in total. The van der Waals surface area contributed by atoms with E-state index in [0.717, 1.165) is 30.9 Å². The van der Waals surface area contributed by atoms with Crippen molar-refractivity contribution < 1.29 is 4.79 Å². The van der Waals surface area contributed by atoms with Gasteiger partial charge in [0.05, 0.1) is 0 Å². The third-order valence-electron chi connectivity index (χ3n) is 5.66. The highest BCUT2D eigenvalue weighted by atomic mass is 32.1. The molecular weight excluding hydrogens is 406 g/mol. The molecule has 0 radical (unpaired) electrons. The second kappa shape index (κ2) is 8.73. The van der Waals surface area contributed by atoms with Gasteiger partial charge in [-0.3, -0.25) is 15.1 Å². The molecule has 4 aromatic rings. The number of thiazole rings is 1. The number of amides is 1. The summed E-state index contributed by atoms with van der Waals surface area (Å²) in [7, 11) is 0. The van der Waals surface area contributed by atoms with Crippen molar-refractivity contribution in [3.63, 3.8) is 0 Å². The summed E-state index contributed by atoms with van der Waals surface area (Å²) in [6, 6.07) is 18.3. The lowest BCUT2D eigenvalue weighted by molar-refractivity contribution is 0.101. The Kier molecular flexibility index (Phi) is 5.50. The zero-order valence-electron chi connectivity index (χ0n) is 17.0. The monoisotopic (exact) mass is 429 g/mol. The number of hydrogen-bond acceptors (Lipinski definition) is 5. The van der Waals surface area contributed by atoms with Crippen LogP contribution in [0.5, 0.6) is 0 Å². The summed E-state index contributed by atoms with van der Waals surface area (Å²) in [6.45, 7) is 2.55. The third-order valence-corrected chi connectivity index (χ3v) is 6.41. The molecule has 5 rings (SSSR count). The Balaban J connectivity index is 1.24. The molecule has 1 saturated heterocycles. The molecule has 1 N–H and O–H groups in total. The highest BCUT2D eigenvalue weighted by molar-refractivity contribution is 7.14. The van der Waals surface area contributed by atoms with Crippen LogP contribution in [0, 0.1) is 0 Å². The number of nitrogens with zero attached hydrogens (tertiary/aromatic N) is 4. The molecule has 1 aliphatic rings. The molecule has 4 heterocycles. The van der Waals surface area contributed by atoms with Gasteiger partial charge in [-0.2, -0.15) is 0 Å². The Labute approximate surface area is 185 Å². The van der Waals surface area contributed by atoms with Gasteiger partial charge in [-0.1, -0.05) is 30.3 Å². The summed E-state index contributed by atoms with van der Waals surface area (Å²) in [4.78, 5) is 23.9. The molecule has 1 aromatic carbocycles. The fraction of sp³-hybridized carbons (Fsp3) is 0.208. The van der Waals surface area contributed by atoms with Gasteiger partial charge in [-0.05, 0) is 41.8 Å². The molecule has 1 atom stereocenters. The average Bonchev–Trinajstić information content (AvgIpc) is 3.56. The molecule has 1 unspecified atom stereocenters. The van der Waals surface area contributed by atoms with Crippen LogP contribution in [0.2, 0.25) is 0 Å². The molecule has 1 fully saturated rings. The second-order valence-electron chi connectivity index (χ2n) is 7.68. The number of carbonyl (C=O) groups is 1. The van der Waals surface area contributed by atoms with Gasteiger partial charge in [0.2, 0.25) is 0 Å². The predicted molar refractivity (Wildman–Crippen MR) is 124 cm³/mol. The maximum absolute atomic E-state index is 12.9. The van der Waals surface area contributed by atoms with Crippen molar-refractivity contribution in [2.24, 2.45) is 0 Å². The molecule has 31 heavy (non-hydrogen) atoms. The lowest BCUT2D eigenvalue weighted by Crippen LogP contribution is -2.20. The molecule has 0 saturated carbocycles. The number of rotatable bonds is 6. The number of anilines is 2. The van der Waals surface area contributed by atoms with Crippen LogP contribution in [-0.4, -0.2) is 33.5 Å². The number of hydrogen-bond donors (Lipinski definition) is 1. The van der Waals surface area contributed by atoms with Gasteiger partial charge < -0.3 is 9.47 Å². The zero-order chi connectivity index (χ0) is 21.0. The number of nitrogens with one attached hydrogen (secondary N) is 1. The molecular formula is C24H23N5OS. The lowest BCUT2D eigenvalue weighted by atomic mass is 9.99. The Morgan fingerprint density at radius 1 is 1.10 bits per heavy atom. The van der Waals surface area contributed by atoms with Gasteiger partial charge in [0, 0.05) is 49.5 Å². The Hall–Kier alpha value is -3.45. The molecule has 1 amide bonds. The van der Waals surface area contributed by atoms with Crippen molar-refractivity contribution in [2.75, 3.05) is 23.3 Å². The van der Waals surface area contributed by atoms with Crippen molar-refractivity contribution in [3.8, 4) is 0 Å². The van der Waals surface area contributed by atoms with Gasteiger partial charge in [0.1, 0.15) is 11.5 Å². The van der Waals surface area contributed by atoms with Gasteiger partial charge in [-0.15, -0.1) is 11.3 Å².